The van der Waals surface area contributed by atoms with Crippen LogP contribution in [-0.2, 0) is 52.7 Å². The van der Waals surface area contributed by atoms with Gasteiger partial charge in [-0.3, -0.25) is 82.7 Å². The Balaban J connectivity index is 7.54. The molecule has 0 spiro atoms. The first-order chi connectivity index (χ1) is 46.3. The number of nitrogens with two attached hydrogens (primary N) is 16. The van der Waals surface area contributed by atoms with E-state index in [2.05, 4.69) is 77.8 Å². The second-order valence-electron chi connectivity index (χ2n) is 22.5. The molecule has 43 heteroatoms. The highest BCUT2D eigenvalue weighted by Crippen LogP contribution is 2.12. The molecule has 0 aliphatic rings. The number of carboxylic acids is 1. The molecule has 556 valence electrons. The van der Waals surface area contributed by atoms with E-state index in [4.69, 9.17) is 91.7 Å². The van der Waals surface area contributed by atoms with Crippen molar-refractivity contribution in [1.82, 2.24) is 47.9 Å². The fourth-order valence-electron chi connectivity index (χ4n) is 9.06. The molecule has 0 aliphatic carbocycles. The van der Waals surface area contributed by atoms with E-state index >= 15 is 0 Å². The van der Waals surface area contributed by atoms with Gasteiger partial charge in [-0.25, -0.2) is 0 Å². The van der Waals surface area contributed by atoms with Crippen LogP contribution in [0.2, 0.25) is 0 Å². The van der Waals surface area contributed by atoms with Crippen LogP contribution < -0.4 is 140 Å². The highest BCUT2D eigenvalue weighted by molar-refractivity contribution is 5.99. The third-order valence-corrected chi connectivity index (χ3v) is 14.1. The van der Waals surface area contributed by atoms with Crippen LogP contribution in [0.1, 0.15) is 128 Å². The van der Waals surface area contributed by atoms with Gasteiger partial charge >= 0.3 is 5.97 Å². The number of nitrogens with one attached hydrogen (secondary N) is 9. The van der Waals surface area contributed by atoms with Crippen LogP contribution in [0.3, 0.4) is 0 Å². The fourth-order valence-corrected chi connectivity index (χ4v) is 9.06. The number of carbonyl (C=O) groups excluding carboxylic acids is 10. The summed E-state index contributed by atoms with van der Waals surface area (Å²) in [6, 6.07) is -12.9. The lowest BCUT2D eigenvalue weighted by atomic mass is 10.0. The number of carboxylic acid groups (broad SMARTS) is 1. The lowest BCUT2D eigenvalue weighted by Crippen LogP contribution is -2.60. The first-order valence-electron chi connectivity index (χ1n) is 32.0. The molecule has 0 heterocycles. The molecule has 0 unspecified atom stereocenters. The quantitative estimate of drug-likeness (QED) is 0.0153. The van der Waals surface area contributed by atoms with Gasteiger partial charge < -0.3 is 145 Å². The van der Waals surface area contributed by atoms with E-state index in [9.17, 15) is 57.8 Å². The Kier molecular flexibility index (Phi) is 45.6. The molecule has 0 aliphatic heterocycles. The van der Waals surface area contributed by atoms with Gasteiger partial charge in [-0.05, 0) is 135 Å². The topological polar surface area (TPSA) is 807 Å². The van der Waals surface area contributed by atoms with Crippen molar-refractivity contribution in [1.29, 1.82) is 0 Å². The summed E-state index contributed by atoms with van der Waals surface area (Å²) in [7, 11) is 0. The maximum atomic E-state index is 14.7. The Morgan fingerprint density at radius 2 is 0.500 bits per heavy atom. The summed E-state index contributed by atoms with van der Waals surface area (Å²) in [5.74, 6) is -12.1. The van der Waals surface area contributed by atoms with Crippen LogP contribution in [0.25, 0.3) is 0 Å². The Morgan fingerprint density at radius 1 is 0.286 bits per heavy atom. The second-order valence-corrected chi connectivity index (χ2v) is 22.5. The smallest absolute Gasteiger partial charge is 0.322 e. The third kappa shape index (κ3) is 42.9. The summed E-state index contributed by atoms with van der Waals surface area (Å²) in [4.78, 5) is 175. The van der Waals surface area contributed by atoms with Gasteiger partial charge in [0, 0.05) is 45.7 Å². The SMILES string of the molecule is NCCCC[C@H](NC(=O)[C@H](CCCCN)NC(=O)[C@H](CCCN=C(N)N)NC(=O)[C@H](CCCN=C(N)N)NC(=O)[C@H](CCC(N)=O)NC(=O)[C@H](CCCN=C(N)N)NC(=O)[C@H](CCCN=C(N)N)NC(=O)[C@@H](N)CCCN=C(N)N)C(=O)N[C@@H](CCCN=C(N)N)C(=O)NCC(=O)O. The molecule has 0 fully saturated rings. The third-order valence-electron chi connectivity index (χ3n) is 14.1. The van der Waals surface area contributed by atoms with E-state index < -0.39 is 139 Å². The zero-order valence-corrected chi connectivity index (χ0v) is 55.6. The minimum atomic E-state index is -1.68. The van der Waals surface area contributed by atoms with Gasteiger partial charge in [-0.15, -0.1) is 0 Å². The molecule has 10 amide bonds. The number of amides is 10. The van der Waals surface area contributed by atoms with E-state index in [-0.39, 0.29) is 178 Å². The number of unbranched alkanes of at least 4 members (excludes halogenated alkanes) is 2. The molecule has 0 bridgehead atoms. The van der Waals surface area contributed by atoms with Crippen LogP contribution in [-0.4, -0.2) is 219 Å². The number of nitrogens with zero attached hydrogens (tertiary/aromatic N) is 6. The van der Waals surface area contributed by atoms with Gasteiger partial charge in [0.1, 0.15) is 54.9 Å². The average Bonchev–Trinajstić information content (AvgIpc) is 0.880. The van der Waals surface area contributed by atoms with Gasteiger partial charge in [0.2, 0.25) is 59.1 Å². The molecule has 0 aromatic heterocycles. The maximum absolute atomic E-state index is 14.7. The molecule has 0 saturated heterocycles. The van der Waals surface area contributed by atoms with Crippen LogP contribution in [0.4, 0.5) is 0 Å². The predicted octanol–water partition coefficient (Wildman–Crippen LogP) is -11.8. The van der Waals surface area contributed by atoms with Gasteiger partial charge in [0.25, 0.3) is 0 Å². The van der Waals surface area contributed by atoms with Gasteiger partial charge in [0.15, 0.2) is 35.8 Å². The molecule has 0 saturated carbocycles. The van der Waals surface area contributed by atoms with Crippen molar-refractivity contribution in [2.45, 2.75) is 183 Å². The first kappa shape index (κ1) is 87.7. The molecule has 0 aromatic rings. The van der Waals surface area contributed by atoms with Gasteiger partial charge in [0.05, 0.1) is 6.04 Å². The Hall–Kier alpha value is -10.3. The summed E-state index contributed by atoms with van der Waals surface area (Å²) in [5, 5.41) is 32.3. The average molecular weight is 1400 g/mol. The molecule has 0 radical (unpaired) electrons. The number of carbonyl (C=O) groups is 11. The second kappa shape index (κ2) is 51.0. The number of rotatable bonds is 54. The number of aliphatic carboxylic acids is 1. The van der Waals surface area contributed by atoms with Crippen molar-refractivity contribution in [3.8, 4) is 0 Å². The molecule has 98 heavy (non-hydrogen) atoms. The van der Waals surface area contributed by atoms with Gasteiger partial charge in [-0.1, -0.05) is 0 Å². The van der Waals surface area contributed by atoms with Crippen molar-refractivity contribution in [3.05, 3.63) is 0 Å². The lowest BCUT2D eigenvalue weighted by molar-refractivity contribution is -0.138. The van der Waals surface area contributed by atoms with Gasteiger partial charge in [-0.2, -0.15) is 0 Å². The number of hydrogen-bond donors (Lipinski definition) is 26. The highest BCUT2D eigenvalue weighted by atomic mass is 16.4. The van der Waals surface area contributed by atoms with Crippen LogP contribution in [0.5, 0.6) is 0 Å². The number of aliphatic imine (C=N–C) groups is 6. The zero-order chi connectivity index (χ0) is 74.1. The largest absolute Gasteiger partial charge is 0.480 e. The zero-order valence-electron chi connectivity index (χ0n) is 55.6. The summed E-state index contributed by atoms with van der Waals surface area (Å²) in [6.45, 7) is -0.357. The highest BCUT2D eigenvalue weighted by Gasteiger charge is 2.35. The molecular formula is C55H109N31O12. The van der Waals surface area contributed by atoms with Crippen molar-refractivity contribution in [3.63, 3.8) is 0 Å². The minimum Gasteiger partial charge on any atom is -0.480 e. The first-order valence-corrected chi connectivity index (χ1v) is 32.0. The maximum Gasteiger partial charge on any atom is 0.322 e. The van der Waals surface area contributed by atoms with Crippen LogP contribution >= 0.6 is 0 Å². The molecule has 0 aromatic carbocycles. The standard InChI is InChI=1S/C55H109N31O12/c56-21-3-1-12-32(43(92)80-31(14-6-24-73-51(62)63)42(91)78-29-40(88)89)81-44(93)33(13-2-4-22-57)82-46(95)35(16-8-26-75-53(66)67)84-47(96)36(17-9-27-76-54(68)69)85-49(98)38(19-20-39(59)87)86-48(97)37(18-10-28-77-55(70)71)83-45(94)34(15-7-25-74-52(64)65)79-41(90)30(58)11-5-23-72-50(60)61/h30-38H,1-29,56-58H2,(H2,59,87)(H,78,91)(H,79,90)(H,80,92)(H,81,93)(H,82,95)(H,83,94)(H,84,96)(H,85,98)(H,86,97)(H,88,89)(H4,60,61,72)(H4,62,63,73)(H4,64,65,74)(H4,66,67,75)(H4,68,69,76)(H4,70,71,77)/t30-,31-,32-,33-,34-,35-,36-,37-,38-/m0/s1. The van der Waals surface area contributed by atoms with Crippen molar-refractivity contribution in [2.75, 3.05) is 58.9 Å². The Labute approximate surface area is 568 Å². The molecular weight excluding hydrogens is 1290 g/mol. The van der Waals surface area contributed by atoms with Crippen molar-refractivity contribution >= 4 is 101 Å². The van der Waals surface area contributed by atoms with E-state index in [1.807, 2.05) is 0 Å². The number of primary amides is 1. The minimum absolute atomic E-state index is 0.00148. The van der Waals surface area contributed by atoms with E-state index in [1.165, 1.54) is 0 Å². The molecule has 42 N–H and O–H groups in total. The fraction of sp³-hybridized carbons (Fsp3) is 0.691. The lowest BCUT2D eigenvalue weighted by Gasteiger charge is -2.28. The monoisotopic (exact) mass is 1400 g/mol. The molecule has 0 rings (SSSR count). The van der Waals surface area contributed by atoms with Crippen molar-refractivity contribution < 1.29 is 57.8 Å². The summed E-state index contributed by atoms with van der Waals surface area (Å²) in [5.41, 5.74) is 89.3. The number of guanidine groups is 6. The van der Waals surface area contributed by atoms with E-state index in [1.54, 1.807) is 0 Å². The predicted molar refractivity (Wildman–Crippen MR) is 368 cm³/mol. The van der Waals surface area contributed by atoms with Crippen molar-refractivity contribution in [2.24, 2.45) is 122 Å². The van der Waals surface area contributed by atoms with Crippen LogP contribution in [0.15, 0.2) is 30.0 Å². The van der Waals surface area contributed by atoms with E-state index in [0.29, 0.717) is 25.7 Å². The number of hydrogen-bond acceptors (Lipinski definition) is 20. The summed E-state index contributed by atoms with van der Waals surface area (Å²) < 4.78 is 0. The van der Waals surface area contributed by atoms with E-state index in [0.717, 1.165) is 0 Å². The Morgan fingerprint density at radius 3 is 0.724 bits per heavy atom. The Bertz CT molecular complexity index is 2710. The molecule has 43 nitrogen and oxygen atoms in total. The molecule has 9 atom stereocenters. The van der Waals surface area contributed by atoms with Crippen LogP contribution in [0, 0.1) is 0 Å². The summed E-state index contributed by atoms with van der Waals surface area (Å²) in [6.07, 6.45) is 0.219. The normalized spacial score (nSPS) is 13.5. The summed E-state index contributed by atoms with van der Waals surface area (Å²) >= 11 is 0.